The SMILES string of the molecule is CCOC(=O)N1CCC(C(=O)Nc2nc(-c3ccc(OC)cc3)c(C)s2)CC1. The van der Waals surface area contributed by atoms with E-state index in [1.807, 2.05) is 31.2 Å². The fourth-order valence-electron chi connectivity index (χ4n) is 3.21. The number of likely N-dealkylation sites (tertiary alicyclic amines) is 1. The van der Waals surface area contributed by atoms with Crippen LogP contribution in [0.1, 0.15) is 24.6 Å². The number of rotatable bonds is 5. The number of thiazole rings is 1. The number of hydrogen-bond donors (Lipinski definition) is 1. The van der Waals surface area contributed by atoms with Gasteiger partial charge in [0, 0.05) is 29.4 Å². The van der Waals surface area contributed by atoms with Gasteiger partial charge in [0.1, 0.15) is 5.75 Å². The summed E-state index contributed by atoms with van der Waals surface area (Å²) < 4.78 is 10.2. The first kappa shape index (κ1) is 20.1. The molecule has 3 rings (SSSR count). The third-order valence-corrected chi connectivity index (χ3v) is 5.67. The molecule has 1 aromatic heterocycles. The average Bonchev–Trinajstić information content (AvgIpc) is 3.08. The third-order valence-electron chi connectivity index (χ3n) is 4.78. The molecule has 0 radical (unpaired) electrons. The number of carbonyl (C=O) groups excluding carboxylic acids is 2. The molecule has 1 aliphatic heterocycles. The van der Waals surface area contributed by atoms with Crippen LogP contribution >= 0.6 is 11.3 Å². The van der Waals surface area contributed by atoms with Crippen LogP contribution in [0.3, 0.4) is 0 Å². The molecule has 2 heterocycles. The highest BCUT2D eigenvalue weighted by Crippen LogP contribution is 2.32. The van der Waals surface area contributed by atoms with Gasteiger partial charge in [-0.2, -0.15) is 0 Å². The van der Waals surface area contributed by atoms with Crippen LogP contribution in [-0.2, 0) is 9.53 Å². The van der Waals surface area contributed by atoms with E-state index in [-0.39, 0.29) is 17.9 Å². The Bertz CT molecular complexity index is 826. The zero-order valence-corrected chi connectivity index (χ0v) is 17.2. The van der Waals surface area contributed by atoms with Gasteiger partial charge in [0.25, 0.3) is 0 Å². The zero-order valence-electron chi connectivity index (χ0n) is 16.4. The molecule has 1 fully saturated rings. The van der Waals surface area contributed by atoms with Gasteiger partial charge < -0.3 is 19.7 Å². The maximum absolute atomic E-state index is 12.6. The quantitative estimate of drug-likeness (QED) is 0.818. The van der Waals surface area contributed by atoms with Gasteiger partial charge in [-0.05, 0) is 51.0 Å². The molecule has 2 aromatic rings. The van der Waals surface area contributed by atoms with Crippen LogP contribution in [0, 0.1) is 12.8 Å². The maximum atomic E-state index is 12.6. The summed E-state index contributed by atoms with van der Waals surface area (Å²) in [5, 5.41) is 3.54. The van der Waals surface area contributed by atoms with Gasteiger partial charge in [0.15, 0.2) is 5.13 Å². The lowest BCUT2D eigenvalue weighted by molar-refractivity contribution is -0.121. The van der Waals surface area contributed by atoms with Crippen molar-refractivity contribution in [1.29, 1.82) is 0 Å². The zero-order chi connectivity index (χ0) is 20.1. The number of aromatic nitrogens is 1. The second-order valence-corrected chi connectivity index (χ2v) is 7.81. The second-order valence-electron chi connectivity index (χ2n) is 6.60. The van der Waals surface area contributed by atoms with E-state index >= 15 is 0 Å². The molecular formula is C20H25N3O4S. The summed E-state index contributed by atoms with van der Waals surface area (Å²) >= 11 is 1.46. The van der Waals surface area contributed by atoms with Crippen LogP contribution in [0.5, 0.6) is 5.75 Å². The number of anilines is 1. The van der Waals surface area contributed by atoms with E-state index in [1.165, 1.54) is 11.3 Å². The lowest BCUT2D eigenvalue weighted by atomic mass is 9.96. The molecule has 0 spiro atoms. The Kier molecular flexibility index (Phi) is 6.51. The smallest absolute Gasteiger partial charge is 0.409 e. The van der Waals surface area contributed by atoms with Gasteiger partial charge in [0.2, 0.25) is 5.91 Å². The molecule has 1 N–H and O–H groups in total. The molecule has 7 nitrogen and oxygen atoms in total. The number of aryl methyl sites for hydroxylation is 1. The largest absolute Gasteiger partial charge is 0.497 e. The van der Waals surface area contributed by atoms with Crippen molar-refractivity contribution in [2.75, 3.05) is 32.1 Å². The van der Waals surface area contributed by atoms with E-state index in [1.54, 1.807) is 18.9 Å². The van der Waals surface area contributed by atoms with Crippen molar-refractivity contribution in [3.8, 4) is 17.0 Å². The Balaban J connectivity index is 1.60. The number of amides is 2. The fraction of sp³-hybridized carbons (Fsp3) is 0.450. The van der Waals surface area contributed by atoms with Gasteiger partial charge >= 0.3 is 6.09 Å². The van der Waals surface area contributed by atoms with Crippen LogP contribution in [0.15, 0.2) is 24.3 Å². The number of ether oxygens (including phenoxy) is 2. The van der Waals surface area contributed by atoms with Crippen LogP contribution in [0.25, 0.3) is 11.3 Å². The Morgan fingerprint density at radius 2 is 1.93 bits per heavy atom. The number of benzene rings is 1. The predicted octanol–water partition coefficient (Wildman–Crippen LogP) is 3.93. The summed E-state index contributed by atoms with van der Waals surface area (Å²) in [5.41, 5.74) is 1.85. The van der Waals surface area contributed by atoms with Gasteiger partial charge in [-0.15, -0.1) is 11.3 Å². The first-order valence-corrected chi connectivity index (χ1v) is 10.2. The van der Waals surface area contributed by atoms with Crippen molar-refractivity contribution in [2.45, 2.75) is 26.7 Å². The standard InChI is InChI=1S/C20H25N3O4S/c1-4-27-20(25)23-11-9-15(10-12-23)18(24)22-19-21-17(13(2)28-19)14-5-7-16(26-3)8-6-14/h5-8,15H,4,9-12H2,1-3H3,(H,21,22,24). The molecule has 0 bridgehead atoms. The first-order valence-electron chi connectivity index (χ1n) is 9.36. The normalized spacial score (nSPS) is 14.6. The van der Waals surface area contributed by atoms with Crippen molar-refractivity contribution in [3.63, 3.8) is 0 Å². The number of nitrogens with zero attached hydrogens (tertiary/aromatic N) is 2. The minimum atomic E-state index is -0.305. The highest BCUT2D eigenvalue weighted by Gasteiger charge is 2.28. The van der Waals surface area contributed by atoms with Crippen molar-refractivity contribution in [2.24, 2.45) is 5.92 Å². The summed E-state index contributed by atoms with van der Waals surface area (Å²) in [6.45, 7) is 5.20. The first-order chi connectivity index (χ1) is 13.5. The number of hydrogen-bond acceptors (Lipinski definition) is 6. The predicted molar refractivity (Wildman–Crippen MR) is 109 cm³/mol. The van der Waals surface area contributed by atoms with Gasteiger partial charge in [-0.3, -0.25) is 4.79 Å². The number of carbonyl (C=O) groups is 2. The fourth-order valence-corrected chi connectivity index (χ4v) is 4.05. The molecule has 8 heteroatoms. The van der Waals surface area contributed by atoms with E-state index in [4.69, 9.17) is 9.47 Å². The third kappa shape index (κ3) is 4.62. The number of methoxy groups -OCH3 is 1. The molecule has 0 unspecified atom stereocenters. The lowest BCUT2D eigenvalue weighted by Crippen LogP contribution is -2.41. The molecule has 1 aliphatic rings. The topological polar surface area (TPSA) is 80.8 Å². The summed E-state index contributed by atoms with van der Waals surface area (Å²) in [7, 11) is 1.63. The highest BCUT2D eigenvalue weighted by molar-refractivity contribution is 7.16. The molecule has 150 valence electrons. The van der Waals surface area contributed by atoms with Crippen LogP contribution in [-0.4, -0.2) is 48.7 Å². The van der Waals surface area contributed by atoms with Gasteiger partial charge in [-0.1, -0.05) is 0 Å². The minimum Gasteiger partial charge on any atom is -0.497 e. The maximum Gasteiger partial charge on any atom is 0.409 e. The molecule has 28 heavy (non-hydrogen) atoms. The lowest BCUT2D eigenvalue weighted by Gasteiger charge is -2.30. The van der Waals surface area contributed by atoms with Crippen molar-refractivity contribution in [1.82, 2.24) is 9.88 Å². The minimum absolute atomic E-state index is 0.0430. The van der Waals surface area contributed by atoms with E-state index in [0.29, 0.717) is 37.7 Å². The summed E-state index contributed by atoms with van der Waals surface area (Å²) in [5.74, 6) is 0.622. The van der Waals surface area contributed by atoms with Crippen LogP contribution in [0.4, 0.5) is 9.93 Å². The Morgan fingerprint density at radius 3 is 2.54 bits per heavy atom. The Morgan fingerprint density at radius 1 is 1.25 bits per heavy atom. The van der Waals surface area contributed by atoms with E-state index in [9.17, 15) is 9.59 Å². The van der Waals surface area contributed by atoms with Crippen molar-refractivity contribution >= 4 is 28.5 Å². The Labute approximate surface area is 168 Å². The molecule has 0 atom stereocenters. The molecule has 1 saturated heterocycles. The highest BCUT2D eigenvalue weighted by atomic mass is 32.1. The molecular weight excluding hydrogens is 378 g/mol. The summed E-state index contributed by atoms with van der Waals surface area (Å²) in [6, 6.07) is 7.70. The molecule has 2 amide bonds. The van der Waals surface area contributed by atoms with Crippen LogP contribution < -0.4 is 10.1 Å². The van der Waals surface area contributed by atoms with Gasteiger partial charge in [-0.25, -0.2) is 9.78 Å². The monoisotopic (exact) mass is 403 g/mol. The summed E-state index contributed by atoms with van der Waals surface area (Å²) in [6.07, 6.45) is 0.946. The van der Waals surface area contributed by atoms with Gasteiger partial charge in [0.05, 0.1) is 19.4 Å². The Hall–Kier alpha value is -2.61. The molecule has 0 aliphatic carbocycles. The number of nitrogens with one attached hydrogen (secondary N) is 1. The van der Waals surface area contributed by atoms with E-state index < -0.39 is 0 Å². The molecule has 0 saturated carbocycles. The summed E-state index contributed by atoms with van der Waals surface area (Å²) in [4.78, 5) is 31.7. The second kappa shape index (κ2) is 9.05. The number of piperidine rings is 1. The van der Waals surface area contributed by atoms with Crippen LogP contribution in [0.2, 0.25) is 0 Å². The molecule has 1 aromatic carbocycles. The van der Waals surface area contributed by atoms with Crippen molar-refractivity contribution < 1.29 is 19.1 Å². The van der Waals surface area contributed by atoms with Crippen molar-refractivity contribution in [3.05, 3.63) is 29.1 Å². The average molecular weight is 404 g/mol. The van der Waals surface area contributed by atoms with E-state index in [2.05, 4.69) is 10.3 Å². The van der Waals surface area contributed by atoms with E-state index in [0.717, 1.165) is 21.9 Å².